The number of nitrogens with one attached hydrogen (secondary N) is 1. The van der Waals surface area contributed by atoms with Crippen LogP contribution in [0.4, 0.5) is 0 Å². The first-order valence-electron chi connectivity index (χ1n) is 8.76. The van der Waals surface area contributed by atoms with E-state index in [2.05, 4.69) is 41.4 Å². The SMILES string of the molecule is CNC(=O)c1ccc(CN(Cc2ccco2)Cc2ccccc2C)cc1. The number of carbonyl (C=O) groups excluding carboxylic acids is 1. The molecule has 1 amide bonds. The molecule has 2 aromatic carbocycles. The number of carbonyl (C=O) groups is 1. The standard InChI is InChI=1S/C22H24N2O2/c1-17-6-3-4-7-20(17)15-24(16-21-8-5-13-26-21)14-18-9-11-19(12-10-18)22(25)23-2/h3-13H,14-16H2,1-2H3,(H,23,25). The van der Waals surface area contributed by atoms with Gasteiger partial charge < -0.3 is 9.73 Å². The lowest BCUT2D eigenvalue weighted by Crippen LogP contribution is -2.23. The number of amides is 1. The maximum Gasteiger partial charge on any atom is 0.251 e. The Labute approximate surface area is 154 Å². The third kappa shape index (κ3) is 4.61. The minimum Gasteiger partial charge on any atom is -0.468 e. The van der Waals surface area contributed by atoms with Gasteiger partial charge in [0, 0.05) is 25.7 Å². The Kier molecular flexibility index (Phi) is 5.87. The van der Waals surface area contributed by atoms with E-state index in [1.807, 2.05) is 36.4 Å². The van der Waals surface area contributed by atoms with Crippen LogP contribution in [0, 0.1) is 6.92 Å². The highest BCUT2D eigenvalue weighted by atomic mass is 16.3. The van der Waals surface area contributed by atoms with Gasteiger partial charge in [-0.2, -0.15) is 0 Å². The van der Waals surface area contributed by atoms with E-state index in [0.717, 1.165) is 31.0 Å². The molecule has 0 atom stereocenters. The average Bonchev–Trinajstić information content (AvgIpc) is 3.16. The minimum absolute atomic E-state index is 0.0658. The van der Waals surface area contributed by atoms with Crippen LogP contribution in [-0.2, 0) is 19.6 Å². The van der Waals surface area contributed by atoms with E-state index in [1.54, 1.807) is 13.3 Å². The second-order valence-electron chi connectivity index (χ2n) is 6.43. The van der Waals surface area contributed by atoms with Gasteiger partial charge in [-0.1, -0.05) is 36.4 Å². The Morgan fingerprint density at radius 1 is 0.962 bits per heavy atom. The maximum absolute atomic E-state index is 11.7. The van der Waals surface area contributed by atoms with Crippen LogP contribution in [0.15, 0.2) is 71.3 Å². The first-order chi connectivity index (χ1) is 12.7. The molecule has 1 aromatic heterocycles. The van der Waals surface area contributed by atoms with Crippen LogP contribution in [0.1, 0.15) is 32.8 Å². The van der Waals surface area contributed by atoms with Crippen molar-refractivity contribution in [2.24, 2.45) is 0 Å². The predicted molar refractivity (Wildman–Crippen MR) is 103 cm³/mol. The van der Waals surface area contributed by atoms with Crippen molar-refractivity contribution in [2.75, 3.05) is 7.05 Å². The molecule has 134 valence electrons. The Bertz CT molecular complexity index is 839. The van der Waals surface area contributed by atoms with Crippen LogP contribution in [0.2, 0.25) is 0 Å². The van der Waals surface area contributed by atoms with Gasteiger partial charge in [-0.25, -0.2) is 0 Å². The monoisotopic (exact) mass is 348 g/mol. The molecule has 0 aliphatic heterocycles. The summed E-state index contributed by atoms with van der Waals surface area (Å²) < 4.78 is 5.54. The van der Waals surface area contributed by atoms with Gasteiger partial charge in [-0.15, -0.1) is 0 Å². The number of hydrogen-bond acceptors (Lipinski definition) is 3. The number of aryl methyl sites for hydroxylation is 1. The van der Waals surface area contributed by atoms with E-state index < -0.39 is 0 Å². The summed E-state index contributed by atoms with van der Waals surface area (Å²) in [7, 11) is 1.64. The highest BCUT2D eigenvalue weighted by Gasteiger charge is 2.12. The van der Waals surface area contributed by atoms with Gasteiger partial charge >= 0.3 is 0 Å². The largest absolute Gasteiger partial charge is 0.468 e. The summed E-state index contributed by atoms with van der Waals surface area (Å²) in [6, 6.07) is 20.1. The van der Waals surface area contributed by atoms with E-state index >= 15 is 0 Å². The Balaban J connectivity index is 1.76. The van der Waals surface area contributed by atoms with E-state index in [4.69, 9.17) is 4.42 Å². The zero-order valence-corrected chi connectivity index (χ0v) is 15.2. The summed E-state index contributed by atoms with van der Waals surface area (Å²) in [5.74, 6) is 0.879. The molecule has 0 saturated heterocycles. The maximum atomic E-state index is 11.7. The van der Waals surface area contributed by atoms with Crippen molar-refractivity contribution in [3.05, 3.63) is 94.9 Å². The quantitative estimate of drug-likeness (QED) is 0.698. The lowest BCUT2D eigenvalue weighted by Gasteiger charge is -2.22. The van der Waals surface area contributed by atoms with Crippen molar-refractivity contribution in [1.29, 1.82) is 0 Å². The molecule has 0 radical (unpaired) electrons. The first-order valence-corrected chi connectivity index (χ1v) is 8.76. The summed E-state index contributed by atoms with van der Waals surface area (Å²) in [5, 5.41) is 2.65. The lowest BCUT2D eigenvalue weighted by atomic mass is 10.1. The molecule has 0 spiro atoms. The van der Waals surface area contributed by atoms with E-state index in [0.29, 0.717) is 5.56 Å². The van der Waals surface area contributed by atoms with Crippen LogP contribution < -0.4 is 5.32 Å². The van der Waals surface area contributed by atoms with Crippen molar-refractivity contribution >= 4 is 5.91 Å². The van der Waals surface area contributed by atoms with Crippen molar-refractivity contribution in [1.82, 2.24) is 10.2 Å². The smallest absolute Gasteiger partial charge is 0.251 e. The van der Waals surface area contributed by atoms with Crippen LogP contribution in [0.25, 0.3) is 0 Å². The van der Waals surface area contributed by atoms with Gasteiger partial charge in [0.1, 0.15) is 5.76 Å². The molecule has 1 heterocycles. The Hall–Kier alpha value is -2.85. The molecule has 0 fully saturated rings. The van der Waals surface area contributed by atoms with Crippen LogP contribution in [0.3, 0.4) is 0 Å². The summed E-state index contributed by atoms with van der Waals surface area (Å²) >= 11 is 0. The van der Waals surface area contributed by atoms with Gasteiger partial charge in [-0.05, 0) is 47.9 Å². The molecule has 4 heteroatoms. The van der Waals surface area contributed by atoms with Gasteiger partial charge in [0.15, 0.2) is 0 Å². The van der Waals surface area contributed by atoms with E-state index in [1.165, 1.54) is 11.1 Å². The highest BCUT2D eigenvalue weighted by molar-refractivity contribution is 5.93. The Morgan fingerprint density at radius 2 is 1.73 bits per heavy atom. The second-order valence-corrected chi connectivity index (χ2v) is 6.43. The van der Waals surface area contributed by atoms with Crippen molar-refractivity contribution < 1.29 is 9.21 Å². The molecular formula is C22H24N2O2. The van der Waals surface area contributed by atoms with Crippen molar-refractivity contribution in [2.45, 2.75) is 26.6 Å². The first kappa shape index (κ1) is 18.0. The predicted octanol–water partition coefficient (Wildman–Crippen LogP) is 4.15. The third-order valence-corrected chi connectivity index (χ3v) is 4.46. The summed E-state index contributed by atoms with van der Waals surface area (Å²) in [6.07, 6.45) is 1.71. The Morgan fingerprint density at radius 3 is 2.38 bits per heavy atom. The minimum atomic E-state index is -0.0658. The molecule has 4 nitrogen and oxygen atoms in total. The molecule has 3 rings (SSSR count). The third-order valence-electron chi connectivity index (χ3n) is 4.46. The molecule has 1 N–H and O–H groups in total. The highest BCUT2D eigenvalue weighted by Crippen LogP contribution is 2.17. The number of nitrogens with zero attached hydrogens (tertiary/aromatic N) is 1. The van der Waals surface area contributed by atoms with Crippen LogP contribution in [-0.4, -0.2) is 17.9 Å². The zero-order chi connectivity index (χ0) is 18.4. The fourth-order valence-corrected chi connectivity index (χ4v) is 2.98. The molecular weight excluding hydrogens is 324 g/mol. The van der Waals surface area contributed by atoms with Gasteiger partial charge in [0.05, 0.1) is 12.8 Å². The van der Waals surface area contributed by atoms with E-state index in [-0.39, 0.29) is 5.91 Å². The van der Waals surface area contributed by atoms with Gasteiger partial charge in [-0.3, -0.25) is 9.69 Å². The molecule has 0 unspecified atom stereocenters. The van der Waals surface area contributed by atoms with Crippen molar-refractivity contribution in [3.63, 3.8) is 0 Å². The summed E-state index contributed by atoms with van der Waals surface area (Å²) in [6.45, 7) is 4.49. The van der Waals surface area contributed by atoms with Crippen LogP contribution in [0.5, 0.6) is 0 Å². The summed E-state index contributed by atoms with van der Waals surface area (Å²) in [4.78, 5) is 14.0. The fourth-order valence-electron chi connectivity index (χ4n) is 2.98. The number of furan rings is 1. The van der Waals surface area contributed by atoms with Crippen LogP contribution >= 0.6 is 0 Å². The number of hydrogen-bond donors (Lipinski definition) is 1. The molecule has 0 saturated carbocycles. The number of rotatable bonds is 7. The van der Waals surface area contributed by atoms with Gasteiger partial charge in [0.25, 0.3) is 5.91 Å². The molecule has 0 aliphatic carbocycles. The molecule has 0 bridgehead atoms. The van der Waals surface area contributed by atoms with E-state index in [9.17, 15) is 4.79 Å². The van der Waals surface area contributed by atoms with Gasteiger partial charge in [0.2, 0.25) is 0 Å². The fraction of sp³-hybridized carbons (Fsp3) is 0.227. The molecule has 26 heavy (non-hydrogen) atoms. The molecule has 3 aromatic rings. The second kappa shape index (κ2) is 8.50. The van der Waals surface area contributed by atoms with Crippen molar-refractivity contribution in [3.8, 4) is 0 Å². The topological polar surface area (TPSA) is 45.5 Å². The summed E-state index contributed by atoms with van der Waals surface area (Å²) in [5.41, 5.74) is 4.43. The normalized spacial score (nSPS) is 10.9. The number of benzene rings is 2. The zero-order valence-electron chi connectivity index (χ0n) is 15.2. The lowest BCUT2D eigenvalue weighted by molar-refractivity contribution is 0.0963. The average molecular weight is 348 g/mol. The molecule has 0 aliphatic rings.